The van der Waals surface area contributed by atoms with Crippen molar-refractivity contribution >= 4 is 56.9 Å². The molecule has 0 saturated carbocycles. The number of likely N-dealkylation sites (N-methyl/N-ethyl adjacent to an activating group) is 1. The predicted molar refractivity (Wildman–Crippen MR) is 118 cm³/mol. The van der Waals surface area contributed by atoms with Gasteiger partial charge < -0.3 is 14.2 Å². The topological polar surface area (TPSA) is 54.8 Å². The quantitative estimate of drug-likeness (QED) is 0.568. The second-order valence-electron chi connectivity index (χ2n) is 6.67. The minimum Gasteiger partial charge on any atom is -0.378 e. The molecule has 0 bridgehead atoms. The first kappa shape index (κ1) is 19.2. The number of anilines is 1. The summed E-state index contributed by atoms with van der Waals surface area (Å²) in [5, 5.41) is 1.00. The van der Waals surface area contributed by atoms with Crippen LogP contribution in [0.1, 0.15) is 12.5 Å². The summed E-state index contributed by atoms with van der Waals surface area (Å²) in [4.78, 5) is 30.1. The number of carbonyl (C=O) groups is 1. The van der Waals surface area contributed by atoms with Crippen LogP contribution in [0.5, 0.6) is 0 Å². The van der Waals surface area contributed by atoms with E-state index in [1.54, 1.807) is 17.7 Å². The Morgan fingerprint density at radius 2 is 1.93 bits per heavy atom. The van der Waals surface area contributed by atoms with Gasteiger partial charge in [0.1, 0.15) is 4.32 Å². The SMILES string of the molecule is CCn1c(=O)c(C=C2SC(=S)N(C)C2=O)c(N2CCOCC2)c2ccccc21. The van der Waals surface area contributed by atoms with Crippen LogP contribution < -0.4 is 10.5 Å². The van der Waals surface area contributed by atoms with Gasteiger partial charge in [-0.2, -0.15) is 0 Å². The fraction of sp³-hybridized carbons (Fsp3) is 0.350. The standard InChI is InChI=1S/C20H21N3O3S2/c1-3-23-15-7-5-4-6-13(15)17(22-8-10-26-11-9-22)14(18(23)24)12-16-19(25)21(2)20(27)28-16/h4-7,12H,3,8-11H2,1-2H3. The van der Waals surface area contributed by atoms with Gasteiger partial charge in [0.15, 0.2) is 0 Å². The van der Waals surface area contributed by atoms with Crippen molar-refractivity contribution in [2.45, 2.75) is 13.5 Å². The number of thioether (sulfide) groups is 1. The number of carbonyl (C=O) groups excluding carboxylic acids is 1. The molecular formula is C20H21N3O3S2. The van der Waals surface area contributed by atoms with Crippen molar-refractivity contribution in [2.75, 3.05) is 38.3 Å². The van der Waals surface area contributed by atoms with Crippen molar-refractivity contribution in [1.29, 1.82) is 0 Å². The van der Waals surface area contributed by atoms with Crippen LogP contribution in [0.15, 0.2) is 34.0 Å². The molecule has 0 N–H and O–H groups in total. The molecule has 3 heterocycles. The first-order valence-corrected chi connectivity index (χ1v) is 10.4. The third-order valence-electron chi connectivity index (χ3n) is 5.09. The molecule has 4 rings (SSSR count). The Labute approximate surface area is 172 Å². The van der Waals surface area contributed by atoms with E-state index < -0.39 is 0 Å². The predicted octanol–water partition coefficient (Wildman–Crippen LogP) is 2.69. The van der Waals surface area contributed by atoms with Gasteiger partial charge in [0, 0.05) is 32.1 Å². The zero-order valence-electron chi connectivity index (χ0n) is 15.8. The number of ether oxygens (including phenoxy) is 1. The molecule has 2 fully saturated rings. The molecule has 0 atom stereocenters. The summed E-state index contributed by atoms with van der Waals surface area (Å²) in [7, 11) is 1.66. The van der Waals surface area contributed by atoms with Crippen molar-refractivity contribution in [1.82, 2.24) is 9.47 Å². The molecule has 2 aliphatic rings. The smallest absolute Gasteiger partial charge is 0.265 e. The summed E-state index contributed by atoms with van der Waals surface area (Å²) in [5.74, 6) is -0.168. The normalized spacial score (nSPS) is 19.3. The van der Waals surface area contributed by atoms with Gasteiger partial charge in [0.25, 0.3) is 11.5 Å². The Kier molecular flexibility index (Phi) is 5.27. The minimum atomic E-state index is -0.168. The minimum absolute atomic E-state index is 0.0935. The van der Waals surface area contributed by atoms with E-state index >= 15 is 0 Å². The van der Waals surface area contributed by atoms with E-state index in [4.69, 9.17) is 17.0 Å². The number of aromatic nitrogens is 1. The van der Waals surface area contributed by atoms with Gasteiger partial charge in [-0.1, -0.05) is 42.2 Å². The third kappa shape index (κ3) is 3.15. The van der Waals surface area contributed by atoms with Crippen LogP contribution in [0.25, 0.3) is 17.0 Å². The van der Waals surface area contributed by atoms with Crippen molar-refractivity contribution in [3.8, 4) is 0 Å². The maximum atomic E-state index is 13.4. The van der Waals surface area contributed by atoms with Crippen LogP contribution in [0, 0.1) is 0 Å². The maximum absolute atomic E-state index is 13.4. The molecule has 146 valence electrons. The summed E-state index contributed by atoms with van der Waals surface area (Å²) in [6.45, 7) is 5.14. The highest BCUT2D eigenvalue weighted by Gasteiger charge is 2.30. The number of para-hydroxylation sites is 1. The lowest BCUT2D eigenvalue weighted by molar-refractivity contribution is -0.121. The fourth-order valence-electron chi connectivity index (χ4n) is 3.66. The average molecular weight is 416 g/mol. The van der Waals surface area contributed by atoms with E-state index in [9.17, 15) is 9.59 Å². The Bertz CT molecular complexity index is 1050. The average Bonchev–Trinajstić information content (AvgIpc) is 2.96. The summed E-state index contributed by atoms with van der Waals surface area (Å²) in [6.07, 6.45) is 1.72. The van der Waals surface area contributed by atoms with Crippen LogP contribution in [-0.4, -0.2) is 53.0 Å². The van der Waals surface area contributed by atoms with E-state index in [0.29, 0.717) is 47.6 Å². The molecule has 0 radical (unpaired) electrons. The van der Waals surface area contributed by atoms with Gasteiger partial charge >= 0.3 is 0 Å². The molecule has 1 amide bonds. The third-order valence-corrected chi connectivity index (χ3v) is 6.57. The lowest BCUT2D eigenvalue weighted by Crippen LogP contribution is -2.38. The Morgan fingerprint density at radius 1 is 1.21 bits per heavy atom. The second kappa shape index (κ2) is 7.69. The van der Waals surface area contributed by atoms with Crippen LogP contribution in [0.4, 0.5) is 5.69 Å². The number of nitrogens with zero attached hydrogens (tertiary/aromatic N) is 3. The van der Waals surface area contributed by atoms with E-state index in [0.717, 1.165) is 16.6 Å². The van der Waals surface area contributed by atoms with E-state index in [1.165, 1.54) is 16.7 Å². The van der Waals surface area contributed by atoms with Gasteiger partial charge in [-0.25, -0.2) is 0 Å². The number of thiocarbonyl (C=S) groups is 1. The lowest BCUT2D eigenvalue weighted by Gasteiger charge is -2.31. The number of morpholine rings is 1. The van der Waals surface area contributed by atoms with Crippen LogP contribution in [0.3, 0.4) is 0 Å². The molecule has 6 nitrogen and oxygen atoms in total. The first-order valence-electron chi connectivity index (χ1n) is 9.22. The number of amides is 1. The molecule has 2 aromatic rings. The van der Waals surface area contributed by atoms with Crippen LogP contribution >= 0.6 is 24.0 Å². The number of benzene rings is 1. The monoisotopic (exact) mass is 415 g/mol. The number of hydrogen-bond donors (Lipinski definition) is 0. The Balaban J connectivity index is 2.01. The summed E-state index contributed by atoms with van der Waals surface area (Å²) in [5.41, 5.74) is 2.21. The molecule has 28 heavy (non-hydrogen) atoms. The van der Waals surface area contributed by atoms with E-state index in [1.807, 2.05) is 31.2 Å². The lowest BCUT2D eigenvalue weighted by atomic mass is 10.1. The Morgan fingerprint density at radius 3 is 2.57 bits per heavy atom. The van der Waals surface area contributed by atoms with Gasteiger partial charge in [0.2, 0.25) is 0 Å². The first-order chi connectivity index (χ1) is 13.5. The van der Waals surface area contributed by atoms with Crippen molar-refractivity contribution < 1.29 is 9.53 Å². The molecule has 1 aromatic carbocycles. The van der Waals surface area contributed by atoms with Gasteiger partial charge in [-0.15, -0.1) is 0 Å². The van der Waals surface area contributed by atoms with Crippen LogP contribution in [-0.2, 0) is 16.1 Å². The fourth-order valence-corrected chi connectivity index (χ4v) is 4.82. The number of pyridine rings is 1. The summed E-state index contributed by atoms with van der Waals surface area (Å²) >= 11 is 6.48. The zero-order chi connectivity index (χ0) is 19.8. The highest BCUT2D eigenvalue weighted by Crippen LogP contribution is 2.35. The number of fused-ring (bicyclic) bond motifs is 1. The summed E-state index contributed by atoms with van der Waals surface area (Å²) < 4.78 is 7.77. The van der Waals surface area contributed by atoms with E-state index in [2.05, 4.69) is 4.90 Å². The van der Waals surface area contributed by atoms with Gasteiger partial charge in [-0.05, 0) is 19.1 Å². The number of aryl methyl sites for hydroxylation is 1. The Hall–Kier alpha value is -2.16. The molecule has 1 aromatic heterocycles. The maximum Gasteiger partial charge on any atom is 0.265 e. The molecule has 0 unspecified atom stereocenters. The van der Waals surface area contributed by atoms with Gasteiger partial charge in [0.05, 0.1) is 34.9 Å². The van der Waals surface area contributed by atoms with Crippen LogP contribution in [0.2, 0.25) is 0 Å². The van der Waals surface area contributed by atoms with Crippen molar-refractivity contribution in [2.24, 2.45) is 0 Å². The molecular weight excluding hydrogens is 394 g/mol. The largest absolute Gasteiger partial charge is 0.378 e. The number of hydrogen-bond acceptors (Lipinski definition) is 6. The number of rotatable bonds is 3. The molecule has 0 aliphatic carbocycles. The highest BCUT2D eigenvalue weighted by molar-refractivity contribution is 8.26. The summed E-state index contributed by atoms with van der Waals surface area (Å²) in [6, 6.07) is 7.93. The highest BCUT2D eigenvalue weighted by atomic mass is 32.2. The second-order valence-corrected chi connectivity index (χ2v) is 8.34. The molecule has 2 saturated heterocycles. The van der Waals surface area contributed by atoms with Crippen molar-refractivity contribution in [3.05, 3.63) is 45.1 Å². The molecule has 8 heteroatoms. The zero-order valence-corrected chi connectivity index (χ0v) is 17.4. The van der Waals surface area contributed by atoms with Crippen molar-refractivity contribution in [3.63, 3.8) is 0 Å². The van der Waals surface area contributed by atoms with Gasteiger partial charge in [-0.3, -0.25) is 14.5 Å². The van der Waals surface area contributed by atoms with E-state index in [-0.39, 0.29) is 11.5 Å². The molecule has 0 spiro atoms. The molecule has 2 aliphatic heterocycles.